The topological polar surface area (TPSA) is 89.8 Å². The van der Waals surface area contributed by atoms with Crippen LogP contribution in [0.3, 0.4) is 0 Å². The van der Waals surface area contributed by atoms with E-state index in [1.54, 1.807) is 31.3 Å². The summed E-state index contributed by atoms with van der Waals surface area (Å²) in [5, 5.41) is 11.2. The van der Waals surface area contributed by atoms with Gasteiger partial charge in [-0.2, -0.15) is 5.10 Å². The lowest BCUT2D eigenvalue weighted by Crippen LogP contribution is -2.23. The predicted molar refractivity (Wildman–Crippen MR) is 100 cm³/mol. The largest absolute Gasteiger partial charge is 0.347 e. The molecule has 0 aliphatic rings. The van der Waals surface area contributed by atoms with Gasteiger partial charge in [0.1, 0.15) is 0 Å². The molecule has 0 unspecified atom stereocenters. The summed E-state index contributed by atoms with van der Waals surface area (Å²) in [5.41, 5.74) is 2.67. The van der Waals surface area contributed by atoms with E-state index >= 15 is 0 Å². The average Bonchev–Trinajstić information content (AvgIpc) is 3.11. The fraction of sp³-hybridized carbons (Fsp3) is 0.278. The maximum Gasteiger partial charge on any atom is 0.266 e. The van der Waals surface area contributed by atoms with E-state index in [0.29, 0.717) is 17.8 Å². The Bertz CT molecular complexity index is 993. The van der Waals surface area contributed by atoms with Gasteiger partial charge in [0.2, 0.25) is 0 Å². The Morgan fingerprint density at radius 3 is 2.81 bits per heavy atom. The molecule has 0 aliphatic carbocycles. The lowest BCUT2D eigenvalue weighted by molar-refractivity contribution is 0.0951. The number of carbonyl (C=O) groups is 1. The molecule has 2 heterocycles. The Labute approximate surface area is 154 Å². The number of nitrogens with zero attached hydrogens (tertiary/aromatic N) is 4. The maximum atomic E-state index is 12.5. The van der Waals surface area contributed by atoms with Gasteiger partial charge in [0.15, 0.2) is 0 Å². The minimum atomic E-state index is -0.181. The van der Waals surface area contributed by atoms with Crippen molar-refractivity contribution in [2.75, 3.05) is 0 Å². The Hall–Kier alpha value is -2.87. The van der Waals surface area contributed by atoms with Gasteiger partial charge in [-0.3, -0.25) is 9.59 Å². The van der Waals surface area contributed by atoms with Crippen molar-refractivity contribution in [2.24, 2.45) is 7.05 Å². The van der Waals surface area contributed by atoms with Crippen LogP contribution in [0.25, 0.3) is 11.3 Å². The van der Waals surface area contributed by atoms with E-state index in [1.807, 2.05) is 19.9 Å². The van der Waals surface area contributed by atoms with Gasteiger partial charge in [0.05, 0.1) is 22.8 Å². The normalized spacial score (nSPS) is 10.9. The number of aryl methyl sites for hydroxylation is 1. The summed E-state index contributed by atoms with van der Waals surface area (Å²) in [6, 6.07) is 10.3. The predicted octanol–water partition coefficient (Wildman–Crippen LogP) is 2.35. The highest BCUT2D eigenvalue weighted by Crippen LogP contribution is 2.20. The zero-order valence-corrected chi connectivity index (χ0v) is 15.6. The minimum Gasteiger partial charge on any atom is -0.347 e. The molecular weight excluding hydrogens is 350 g/mol. The quantitative estimate of drug-likeness (QED) is 0.746. The lowest BCUT2D eigenvalue weighted by atomic mass is 10.1. The number of hydrogen-bond acceptors (Lipinski definition) is 6. The molecule has 0 fully saturated rings. The highest BCUT2D eigenvalue weighted by Gasteiger charge is 2.14. The summed E-state index contributed by atoms with van der Waals surface area (Å²) in [5.74, 6) is 0.0829. The second-order valence-electron chi connectivity index (χ2n) is 6.18. The second-order valence-corrected chi connectivity index (χ2v) is 7.02. The van der Waals surface area contributed by atoms with Crippen molar-refractivity contribution >= 4 is 17.4 Å². The van der Waals surface area contributed by atoms with Crippen LogP contribution in [-0.4, -0.2) is 25.3 Å². The molecule has 1 N–H and O–H groups in total. The molecule has 1 amide bonds. The van der Waals surface area contributed by atoms with Crippen molar-refractivity contribution in [1.82, 2.24) is 24.7 Å². The van der Waals surface area contributed by atoms with E-state index in [1.165, 1.54) is 22.3 Å². The van der Waals surface area contributed by atoms with E-state index < -0.39 is 0 Å². The minimum absolute atomic E-state index is 0.179. The Morgan fingerprint density at radius 1 is 1.27 bits per heavy atom. The van der Waals surface area contributed by atoms with Crippen LogP contribution in [0.1, 0.15) is 40.7 Å². The fourth-order valence-electron chi connectivity index (χ4n) is 2.52. The SMILES string of the molecule is CC(C)c1nnsc1CNC(=O)c1cccc(-c2ccc(=O)n(C)n2)c1. The lowest BCUT2D eigenvalue weighted by Gasteiger charge is -2.08. The number of carbonyl (C=O) groups excluding carboxylic acids is 1. The first-order valence-electron chi connectivity index (χ1n) is 8.20. The molecule has 7 nitrogen and oxygen atoms in total. The summed E-state index contributed by atoms with van der Waals surface area (Å²) in [4.78, 5) is 24.9. The molecule has 134 valence electrons. The molecule has 0 radical (unpaired) electrons. The van der Waals surface area contributed by atoms with Crippen molar-refractivity contribution in [3.63, 3.8) is 0 Å². The van der Waals surface area contributed by atoms with Gasteiger partial charge >= 0.3 is 0 Å². The van der Waals surface area contributed by atoms with E-state index in [4.69, 9.17) is 0 Å². The standard InChI is InChI=1S/C18H19N5O2S/c1-11(2)17-15(26-22-20-17)10-19-18(25)13-6-4-5-12(9-13)14-7-8-16(24)23(3)21-14/h4-9,11H,10H2,1-3H3,(H,19,25). The number of nitrogens with one attached hydrogen (secondary N) is 1. The van der Waals surface area contributed by atoms with Crippen LogP contribution in [0.5, 0.6) is 0 Å². The van der Waals surface area contributed by atoms with Gasteiger partial charge < -0.3 is 5.32 Å². The molecular formula is C18H19N5O2S. The zero-order chi connectivity index (χ0) is 18.7. The van der Waals surface area contributed by atoms with E-state index in [9.17, 15) is 9.59 Å². The molecule has 0 saturated carbocycles. The first kappa shape index (κ1) is 17.9. The van der Waals surface area contributed by atoms with Crippen LogP contribution >= 0.6 is 11.5 Å². The number of hydrogen-bond donors (Lipinski definition) is 1. The third-order valence-corrected chi connectivity index (χ3v) is 4.66. The smallest absolute Gasteiger partial charge is 0.266 e. The summed E-state index contributed by atoms with van der Waals surface area (Å²) >= 11 is 1.30. The Kier molecular flexibility index (Phi) is 5.22. The average molecular weight is 369 g/mol. The molecule has 0 spiro atoms. The fourth-order valence-corrected chi connectivity index (χ4v) is 3.25. The number of amides is 1. The summed E-state index contributed by atoms with van der Waals surface area (Å²) < 4.78 is 5.24. The van der Waals surface area contributed by atoms with Crippen molar-refractivity contribution in [2.45, 2.75) is 26.3 Å². The van der Waals surface area contributed by atoms with Gasteiger partial charge in [-0.05, 0) is 35.6 Å². The molecule has 8 heteroatoms. The first-order valence-corrected chi connectivity index (χ1v) is 8.97. The van der Waals surface area contributed by atoms with Crippen LogP contribution in [0.4, 0.5) is 0 Å². The molecule has 0 aliphatic heterocycles. The van der Waals surface area contributed by atoms with E-state index in [2.05, 4.69) is 20.0 Å². The summed E-state index contributed by atoms with van der Waals surface area (Å²) in [7, 11) is 1.60. The summed E-state index contributed by atoms with van der Waals surface area (Å²) in [6.45, 7) is 4.49. The highest BCUT2D eigenvalue weighted by atomic mass is 32.1. The van der Waals surface area contributed by atoms with Crippen molar-refractivity contribution in [1.29, 1.82) is 0 Å². The van der Waals surface area contributed by atoms with Crippen LogP contribution in [0.2, 0.25) is 0 Å². The van der Waals surface area contributed by atoms with Crippen molar-refractivity contribution in [3.8, 4) is 11.3 Å². The van der Waals surface area contributed by atoms with Crippen molar-refractivity contribution in [3.05, 3.63) is 62.9 Å². The molecule has 0 bridgehead atoms. The van der Waals surface area contributed by atoms with Gasteiger partial charge in [0.25, 0.3) is 11.5 Å². The molecule has 3 aromatic rings. The summed E-state index contributed by atoms with van der Waals surface area (Å²) in [6.07, 6.45) is 0. The van der Waals surface area contributed by atoms with Gasteiger partial charge in [-0.15, -0.1) is 5.10 Å². The van der Waals surface area contributed by atoms with E-state index in [0.717, 1.165) is 16.1 Å². The number of rotatable bonds is 5. The van der Waals surface area contributed by atoms with Crippen LogP contribution in [0, 0.1) is 0 Å². The molecule has 26 heavy (non-hydrogen) atoms. The van der Waals surface area contributed by atoms with Crippen molar-refractivity contribution < 1.29 is 4.79 Å². The van der Waals surface area contributed by atoms with E-state index in [-0.39, 0.29) is 17.4 Å². The number of aromatic nitrogens is 4. The third kappa shape index (κ3) is 3.85. The van der Waals surface area contributed by atoms with Gasteiger partial charge in [-0.1, -0.05) is 30.5 Å². The second kappa shape index (κ2) is 7.57. The zero-order valence-electron chi connectivity index (χ0n) is 14.8. The van der Waals surface area contributed by atoms with Gasteiger partial charge in [0, 0.05) is 24.2 Å². The van der Waals surface area contributed by atoms with Crippen LogP contribution in [0.15, 0.2) is 41.2 Å². The van der Waals surface area contributed by atoms with Crippen LogP contribution in [-0.2, 0) is 13.6 Å². The highest BCUT2D eigenvalue weighted by molar-refractivity contribution is 7.05. The monoisotopic (exact) mass is 369 g/mol. The molecule has 0 saturated heterocycles. The van der Waals surface area contributed by atoms with Gasteiger partial charge in [-0.25, -0.2) is 4.68 Å². The molecule has 3 rings (SSSR count). The first-order chi connectivity index (χ1) is 12.5. The maximum absolute atomic E-state index is 12.5. The Morgan fingerprint density at radius 2 is 2.08 bits per heavy atom. The van der Waals surface area contributed by atoms with Crippen LogP contribution < -0.4 is 10.9 Å². The third-order valence-electron chi connectivity index (χ3n) is 3.92. The number of benzene rings is 1. The molecule has 1 aromatic carbocycles. The Balaban J connectivity index is 1.77. The molecule has 2 aromatic heterocycles. The molecule has 0 atom stereocenters.